The van der Waals surface area contributed by atoms with Crippen molar-refractivity contribution in [3.63, 3.8) is 0 Å². The van der Waals surface area contributed by atoms with Crippen LogP contribution in [0.25, 0.3) is 11.1 Å². The second-order valence-electron chi connectivity index (χ2n) is 4.74. The van der Waals surface area contributed by atoms with Crippen LogP contribution in [0.2, 0.25) is 5.02 Å². The van der Waals surface area contributed by atoms with Crippen molar-refractivity contribution in [3.05, 3.63) is 28.9 Å². The Hall–Kier alpha value is -1.13. The predicted octanol–water partition coefficient (Wildman–Crippen LogP) is 3.16. The van der Waals surface area contributed by atoms with Crippen LogP contribution in [0.1, 0.15) is 18.7 Å². The highest BCUT2D eigenvalue weighted by Gasteiger charge is 2.17. The lowest BCUT2D eigenvalue weighted by molar-refractivity contribution is 0.346. The van der Waals surface area contributed by atoms with E-state index < -0.39 is 5.82 Å². The summed E-state index contributed by atoms with van der Waals surface area (Å²) in [6.45, 7) is 2.09. The molecule has 1 aliphatic rings. The van der Waals surface area contributed by atoms with Gasteiger partial charge in [0, 0.05) is 12.5 Å². The normalized spacial score (nSPS) is 17.4. The van der Waals surface area contributed by atoms with E-state index in [-0.39, 0.29) is 5.02 Å². The van der Waals surface area contributed by atoms with Gasteiger partial charge in [-0.2, -0.15) is 0 Å². The molecule has 0 saturated carbocycles. The quantitative estimate of drug-likeness (QED) is 0.909. The minimum atomic E-state index is -0.464. The number of nitrogens with one attached hydrogen (secondary N) is 1. The number of oxazole rings is 1. The third kappa shape index (κ3) is 2.35. The van der Waals surface area contributed by atoms with Crippen molar-refractivity contribution in [1.29, 1.82) is 0 Å². The molecule has 1 aliphatic heterocycles. The van der Waals surface area contributed by atoms with E-state index in [0.717, 1.165) is 32.4 Å². The van der Waals surface area contributed by atoms with Crippen LogP contribution in [0.4, 0.5) is 4.39 Å². The molecule has 0 atom stereocenters. The van der Waals surface area contributed by atoms with Gasteiger partial charge in [-0.15, -0.1) is 0 Å². The molecule has 2 heterocycles. The smallest absolute Gasteiger partial charge is 0.195 e. The number of benzene rings is 1. The Labute approximate surface area is 109 Å². The molecule has 1 aromatic carbocycles. The van der Waals surface area contributed by atoms with Crippen molar-refractivity contribution in [2.24, 2.45) is 5.92 Å². The van der Waals surface area contributed by atoms with E-state index in [2.05, 4.69) is 10.3 Å². The minimum Gasteiger partial charge on any atom is -0.441 e. The van der Waals surface area contributed by atoms with Crippen LogP contribution >= 0.6 is 11.6 Å². The summed E-state index contributed by atoms with van der Waals surface area (Å²) in [5, 5.41) is 3.41. The zero-order valence-electron chi connectivity index (χ0n) is 9.88. The highest BCUT2D eigenvalue weighted by molar-refractivity contribution is 6.31. The van der Waals surface area contributed by atoms with Gasteiger partial charge in [0.1, 0.15) is 11.3 Å². The molecule has 0 amide bonds. The Bertz CT molecular complexity index is 524. The van der Waals surface area contributed by atoms with Crippen molar-refractivity contribution in [2.75, 3.05) is 13.1 Å². The number of rotatable bonds is 2. The van der Waals surface area contributed by atoms with Crippen LogP contribution in [-0.4, -0.2) is 18.1 Å². The Morgan fingerprint density at radius 2 is 2.17 bits per heavy atom. The van der Waals surface area contributed by atoms with Crippen LogP contribution in [0, 0.1) is 11.7 Å². The van der Waals surface area contributed by atoms with Gasteiger partial charge in [-0.05, 0) is 37.9 Å². The molecule has 0 radical (unpaired) electrons. The highest BCUT2D eigenvalue weighted by atomic mass is 35.5. The van der Waals surface area contributed by atoms with Crippen LogP contribution in [-0.2, 0) is 6.42 Å². The molecular weight excluding hydrogens is 255 g/mol. The molecule has 0 spiro atoms. The molecule has 0 unspecified atom stereocenters. The van der Waals surface area contributed by atoms with Gasteiger partial charge in [0.2, 0.25) is 0 Å². The Morgan fingerprint density at radius 3 is 2.94 bits per heavy atom. The lowest BCUT2D eigenvalue weighted by Crippen LogP contribution is -2.28. The van der Waals surface area contributed by atoms with Crippen molar-refractivity contribution in [3.8, 4) is 0 Å². The van der Waals surface area contributed by atoms with Crippen molar-refractivity contribution >= 4 is 22.7 Å². The summed E-state index contributed by atoms with van der Waals surface area (Å²) in [4.78, 5) is 4.37. The molecular formula is C13H14ClFN2O. The largest absolute Gasteiger partial charge is 0.441 e. The molecule has 5 heteroatoms. The lowest BCUT2D eigenvalue weighted by Gasteiger charge is -2.20. The van der Waals surface area contributed by atoms with Crippen LogP contribution in [0.5, 0.6) is 0 Å². The highest BCUT2D eigenvalue weighted by Crippen LogP contribution is 2.25. The number of hydrogen-bond acceptors (Lipinski definition) is 3. The molecule has 1 saturated heterocycles. The maximum absolute atomic E-state index is 13.3. The van der Waals surface area contributed by atoms with Crippen LogP contribution < -0.4 is 5.32 Å². The summed E-state index contributed by atoms with van der Waals surface area (Å²) in [6, 6.07) is 2.82. The third-order valence-electron chi connectivity index (χ3n) is 3.40. The Balaban J connectivity index is 1.84. The van der Waals surface area contributed by atoms with Crippen LogP contribution in [0.3, 0.4) is 0 Å². The topological polar surface area (TPSA) is 38.1 Å². The number of piperidine rings is 1. The zero-order chi connectivity index (χ0) is 12.5. The standard InChI is InChI=1S/C13H14ClFN2O/c14-9-6-11-12(7-10(9)15)18-13(17-11)5-8-1-3-16-4-2-8/h6-8,16H,1-5H2. The lowest BCUT2D eigenvalue weighted by atomic mass is 9.95. The van der Waals surface area contributed by atoms with Gasteiger partial charge in [-0.3, -0.25) is 0 Å². The number of fused-ring (bicyclic) bond motifs is 1. The third-order valence-corrected chi connectivity index (χ3v) is 3.69. The summed E-state index contributed by atoms with van der Waals surface area (Å²) in [6.07, 6.45) is 3.08. The minimum absolute atomic E-state index is 0.0872. The van der Waals surface area contributed by atoms with E-state index in [0.29, 0.717) is 22.9 Å². The van der Waals surface area contributed by atoms with Crippen molar-refractivity contribution in [2.45, 2.75) is 19.3 Å². The fourth-order valence-electron chi connectivity index (χ4n) is 2.39. The first kappa shape index (κ1) is 11.9. The van der Waals surface area contributed by atoms with Gasteiger partial charge in [0.15, 0.2) is 11.5 Å². The van der Waals surface area contributed by atoms with E-state index in [1.807, 2.05) is 0 Å². The molecule has 18 heavy (non-hydrogen) atoms. The molecule has 2 aromatic rings. The molecule has 3 nitrogen and oxygen atoms in total. The molecule has 1 fully saturated rings. The molecule has 0 aliphatic carbocycles. The SMILES string of the molecule is Fc1cc2oc(CC3CCNCC3)nc2cc1Cl. The Kier molecular flexibility index (Phi) is 3.22. The van der Waals surface area contributed by atoms with Gasteiger partial charge >= 0.3 is 0 Å². The first-order valence-corrected chi connectivity index (χ1v) is 6.55. The summed E-state index contributed by atoms with van der Waals surface area (Å²) in [7, 11) is 0. The maximum Gasteiger partial charge on any atom is 0.195 e. The predicted molar refractivity (Wildman–Crippen MR) is 68.3 cm³/mol. The monoisotopic (exact) mass is 268 g/mol. The second-order valence-corrected chi connectivity index (χ2v) is 5.15. The molecule has 0 bridgehead atoms. The van der Waals surface area contributed by atoms with Crippen LogP contribution in [0.15, 0.2) is 16.5 Å². The first-order valence-electron chi connectivity index (χ1n) is 6.17. The maximum atomic E-state index is 13.3. The number of aromatic nitrogens is 1. The van der Waals surface area contributed by atoms with E-state index in [4.69, 9.17) is 16.0 Å². The first-order chi connectivity index (χ1) is 8.72. The molecule has 96 valence electrons. The molecule has 1 N–H and O–H groups in total. The second kappa shape index (κ2) is 4.86. The van der Waals surface area contributed by atoms with Gasteiger partial charge in [0.05, 0.1) is 5.02 Å². The summed E-state index contributed by atoms with van der Waals surface area (Å²) >= 11 is 5.72. The number of hydrogen-bond donors (Lipinski definition) is 1. The average Bonchev–Trinajstić information content (AvgIpc) is 2.72. The van der Waals surface area contributed by atoms with Crippen molar-refractivity contribution < 1.29 is 8.81 Å². The van der Waals surface area contributed by atoms with Gasteiger partial charge in [-0.25, -0.2) is 9.37 Å². The fraction of sp³-hybridized carbons (Fsp3) is 0.462. The van der Waals surface area contributed by atoms with E-state index >= 15 is 0 Å². The van der Waals surface area contributed by atoms with Gasteiger partial charge < -0.3 is 9.73 Å². The Morgan fingerprint density at radius 1 is 1.39 bits per heavy atom. The molecule has 1 aromatic heterocycles. The fourth-order valence-corrected chi connectivity index (χ4v) is 2.55. The van der Waals surface area contributed by atoms with E-state index in [9.17, 15) is 4.39 Å². The van der Waals surface area contributed by atoms with Crippen molar-refractivity contribution in [1.82, 2.24) is 10.3 Å². The summed E-state index contributed by atoms with van der Waals surface area (Å²) in [5.74, 6) is 0.812. The average molecular weight is 269 g/mol. The molecule has 3 rings (SSSR count). The summed E-state index contributed by atoms with van der Waals surface area (Å²) < 4.78 is 18.9. The van der Waals surface area contributed by atoms with Gasteiger partial charge in [0.25, 0.3) is 0 Å². The number of nitrogens with zero attached hydrogens (tertiary/aromatic N) is 1. The van der Waals surface area contributed by atoms with E-state index in [1.165, 1.54) is 12.1 Å². The number of halogens is 2. The summed E-state index contributed by atoms with van der Waals surface area (Å²) in [5.41, 5.74) is 1.10. The van der Waals surface area contributed by atoms with Gasteiger partial charge in [-0.1, -0.05) is 11.6 Å². The zero-order valence-corrected chi connectivity index (χ0v) is 10.6. The van der Waals surface area contributed by atoms with E-state index in [1.54, 1.807) is 0 Å².